The van der Waals surface area contributed by atoms with Crippen LogP contribution in [-0.4, -0.2) is 43.2 Å². The first-order valence-electron chi connectivity index (χ1n) is 7.82. The summed E-state index contributed by atoms with van der Waals surface area (Å²) in [6.07, 6.45) is 0. The Labute approximate surface area is 135 Å². The molecule has 0 aliphatic carbocycles. The molecule has 1 N–H and O–H groups in total. The van der Waals surface area contributed by atoms with E-state index in [0.717, 1.165) is 0 Å². The highest BCUT2D eigenvalue weighted by Gasteiger charge is 2.23. The number of morpholine rings is 1. The second-order valence-corrected chi connectivity index (χ2v) is 6.06. The van der Waals surface area contributed by atoms with Gasteiger partial charge in [-0.05, 0) is 18.9 Å². The monoisotopic (exact) mass is 321 g/mol. The van der Waals surface area contributed by atoms with Gasteiger partial charge in [0.25, 0.3) is 11.6 Å². The minimum absolute atomic E-state index is 0.0145. The molecule has 126 valence electrons. The number of carbonyl (C=O) groups is 1. The van der Waals surface area contributed by atoms with Crippen molar-refractivity contribution in [3.63, 3.8) is 0 Å². The van der Waals surface area contributed by atoms with Crippen LogP contribution in [0.4, 0.5) is 11.4 Å². The lowest BCUT2D eigenvalue weighted by Crippen LogP contribution is -2.40. The Kier molecular flexibility index (Phi) is 5.54. The molecule has 1 heterocycles. The Balaban J connectivity index is 2.34. The van der Waals surface area contributed by atoms with Crippen LogP contribution in [0.3, 0.4) is 0 Å². The number of nitro benzene ring substituents is 1. The van der Waals surface area contributed by atoms with Gasteiger partial charge in [-0.1, -0.05) is 13.8 Å². The fraction of sp³-hybridized carbons (Fsp3) is 0.562. The number of non-ortho nitro benzene ring substituents is 1. The van der Waals surface area contributed by atoms with E-state index in [4.69, 9.17) is 4.74 Å². The molecule has 1 fully saturated rings. The number of amides is 1. The quantitative estimate of drug-likeness (QED) is 0.664. The van der Waals surface area contributed by atoms with Crippen molar-refractivity contribution in [2.45, 2.75) is 26.8 Å². The zero-order chi connectivity index (χ0) is 17.0. The minimum Gasteiger partial charge on any atom is -0.378 e. The second-order valence-electron chi connectivity index (χ2n) is 6.06. The fourth-order valence-corrected chi connectivity index (χ4v) is 2.35. The number of rotatable bonds is 5. The highest BCUT2D eigenvalue weighted by atomic mass is 16.6. The van der Waals surface area contributed by atoms with Gasteiger partial charge in [0.05, 0.1) is 29.4 Å². The van der Waals surface area contributed by atoms with Crippen LogP contribution in [0.15, 0.2) is 18.2 Å². The Bertz CT molecular complexity index is 583. The average molecular weight is 321 g/mol. The maximum absolute atomic E-state index is 12.6. The number of nitrogens with one attached hydrogen (secondary N) is 1. The topological polar surface area (TPSA) is 84.7 Å². The predicted octanol–water partition coefficient (Wildman–Crippen LogP) is 2.21. The molecule has 23 heavy (non-hydrogen) atoms. The lowest BCUT2D eigenvalue weighted by molar-refractivity contribution is -0.384. The maximum atomic E-state index is 12.6. The van der Waals surface area contributed by atoms with Gasteiger partial charge in [-0.25, -0.2) is 0 Å². The summed E-state index contributed by atoms with van der Waals surface area (Å²) in [4.78, 5) is 25.2. The summed E-state index contributed by atoms with van der Waals surface area (Å²) in [7, 11) is 0. The van der Waals surface area contributed by atoms with Crippen LogP contribution >= 0.6 is 0 Å². The molecule has 0 spiro atoms. The number of carbonyl (C=O) groups excluding carboxylic acids is 1. The smallest absolute Gasteiger partial charge is 0.270 e. The molecule has 0 saturated carbocycles. The Morgan fingerprint density at radius 2 is 1.96 bits per heavy atom. The zero-order valence-electron chi connectivity index (χ0n) is 13.7. The molecule has 1 amide bonds. The molecule has 0 aromatic heterocycles. The van der Waals surface area contributed by atoms with E-state index in [9.17, 15) is 14.9 Å². The summed E-state index contributed by atoms with van der Waals surface area (Å²) < 4.78 is 5.33. The van der Waals surface area contributed by atoms with Gasteiger partial charge in [0.2, 0.25) is 0 Å². The molecule has 2 rings (SSSR count). The third-order valence-electron chi connectivity index (χ3n) is 4.15. The SMILES string of the molecule is CC(C)C(C)NC(=O)c1cc([N+](=O)[O-])ccc1N1CCOCC1. The summed E-state index contributed by atoms with van der Waals surface area (Å²) in [6.45, 7) is 8.45. The van der Waals surface area contributed by atoms with E-state index >= 15 is 0 Å². The number of hydrogen-bond donors (Lipinski definition) is 1. The van der Waals surface area contributed by atoms with E-state index < -0.39 is 4.92 Å². The van der Waals surface area contributed by atoms with Crippen LogP contribution in [-0.2, 0) is 4.74 Å². The van der Waals surface area contributed by atoms with Crippen molar-refractivity contribution in [1.82, 2.24) is 5.32 Å². The number of nitrogens with zero attached hydrogens (tertiary/aromatic N) is 2. The summed E-state index contributed by atoms with van der Waals surface area (Å²) in [5.74, 6) is 0.000812. The number of benzene rings is 1. The van der Waals surface area contributed by atoms with Gasteiger partial charge >= 0.3 is 0 Å². The molecule has 1 aliphatic rings. The summed E-state index contributed by atoms with van der Waals surface area (Å²) in [6, 6.07) is 4.43. The van der Waals surface area contributed by atoms with Crippen LogP contribution in [0.1, 0.15) is 31.1 Å². The maximum Gasteiger partial charge on any atom is 0.270 e. The molecule has 1 unspecified atom stereocenters. The molecule has 7 nitrogen and oxygen atoms in total. The van der Waals surface area contributed by atoms with Crippen LogP contribution in [0.25, 0.3) is 0 Å². The lowest BCUT2D eigenvalue weighted by Gasteiger charge is -2.30. The van der Waals surface area contributed by atoms with Gasteiger partial charge in [0, 0.05) is 31.3 Å². The van der Waals surface area contributed by atoms with Crippen molar-refractivity contribution in [3.8, 4) is 0 Å². The number of hydrogen-bond acceptors (Lipinski definition) is 5. The molecule has 0 bridgehead atoms. The van der Waals surface area contributed by atoms with Crippen molar-refractivity contribution in [2.24, 2.45) is 5.92 Å². The minimum atomic E-state index is -0.480. The van der Waals surface area contributed by atoms with Gasteiger partial charge in [-0.15, -0.1) is 0 Å². The first-order chi connectivity index (χ1) is 10.9. The van der Waals surface area contributed by atoms with E-state index in [1.807, 2.05) is 25.7 Å². The fourth-order valence-electron chi connectivity index (χ4n) is 2.35. The first-order valence-corrected chi connectivity index (χ1v) is 7.82. The van der Waals surface area contributed by atoms with Gasteiger partial charge in [-0.3, -0.25) is 14.9 Å². The highest BCUT2D eigenvalue weighted by molar-refractivity contribution is 6.00. The van der Waals surface area contributed by atoms with Crippen LogP contribution < -0.4 is 10.2 Å². The third kappa shape index (κ3) is 4.19. The van der Waals surface area contributed by atoms with E-state index in [0.29, 0.717) is 37.6 Å². The van der Waals surface area contributed by atoms with E-state index in [1.54, 1.807) is 6.07 Å². The molecule has 1 aromatic carbocycles. The normalized spacial score (nSPS) is 16.3. The van der Waals surface area contributed by atoms with Gasteiger partial charge < -0.3 is 15.0 Å². The van der Waals surface area contributed by atoms with Crippen molar-refractivity contribution < 1.29 is 14.5 Å². The zero-order valence-corrected chi connectivity index (χ0v) is 13.7. The number of ether oxygens (including phenoxy) is 1. The largest absolute Gasteiger partial charge is 0.378 e. The van der Waals surface area contributed by atoms with E-state index in [1.165, 1.54) is 12.1 Å². The lowest BCUT2D eigenvalue weighted by atomic mass is 10.0. The average Bonchev–Trinajstić information content (AvgIpc) is 2.54. The molecular weight excluding hydrogens is 298 g/mol. The van der Waals surface area contributed by atoms with Crippen molar-refractivity contribution in [2.75, 3.05) is 31.2 Å². The van der Waals surface area contributed by atoms with Gasteiger partial charge in [0.15, 0.2) is 0 Å². The van der Waals surface area contributed by atoms with Crippen LogP contribution in [0.5, 0.6) is 0 Å². The molecule has 1 saturated heterocycles. The molecule has 7 heteroatoms. The van der Waals surface area contributed by atoms with E-state index in [-0.39, 0.29) is 23.6 Å². The first kappa shape index (κ1) is 17.2. The summed E-state index contributed by atoms with van der Waals surface area (Å²) in [5, 5.41) is 14.0. The molecule has 0 radical (unpaired) electrons. The van der Waals surface area contributed by atoms with Crippen molar-refractivity contribution in [3.05, 3.63) is 33.9 Å². The van der Waals surface area contributed by atoms with Crippen LogP contribution in [0.2, 0.25) is 0 Å². The van der Waals surface area contributed by atoms with Gasteiger partial charge in [0.1, 0.15) is 0 Å². The number of anilines is 1. The van der Waals surface area contributed by atoms with Crippen LogP contribution in [0, 0.1) is 16.0 Å². The van der Waals surface area contributed by atoms with Gasteiger partial charge in [-0.2, -0.15) is 0 Å². The predicted molar refractivity (Wildman–Crippen MR) is 87.9 cm³/mol. The Morgan fingerprint density at radius 1 is 1.30 bits per heavy atom. The molecule has 1 aromatic rings. The standard InChI is InChI=1S/C16H23N3O4/c1-11(2)12(3)17-16(20)14-10-13(19(21)22)4-5-15(14)18-6-8-23-9-7-18/h4-5,10-12H,6-9H2,1-3H3,(H,17,20). The van der Waals surface area contributed by atoms with E-state index in [2.05, 4.69) is 5.32 Å². The van der Waals surface area contributed by atoms with Crippen molar-refractivity contribution in [1.29, 1.82) is 0 Å². The highest BCUT2D eigenvalue weighted by Crippen LogP contribution is 2.26. The Hall–Kier alpha value is -2.15. The summed E-state index contributed by atoms with van der Waals surface area (Å²) in [5.41, 5.74) is 0.977. The Morgan fingerprint density at radius 3 is 2.52 bits per heavy atom. The van der Waals surface area contributed by atoms with Crippen molar-refractivity contribution >= 4 is 17.3 Å². The second kappa shape index (κ2) is 7.41. The number of nitro groups is 1. The summed E-state index contributed by atoms with van der Waals surface area (Å²) >= 11 is 0. The molecular formula is C16H23N3O4. The molecule has 1 atom stereocenters. The third-order valence-corrected chi connectivity index (χ3v) is 4.15. The molecule has 1 aliphatic heterocycles.